The standard InChI is InChI=1S/C26H32N4O2/c1-20-6-8-22(9-7-20)26(12-2-3-13-26)25-28-24(32-29-25)18-30-15-10-23(11-16-30)31-19-21-5-4-14-27-17-21/h4-9,14,17,23H,2-3,10-13,15-16,18-19H2,1H3. The van der Waals surface area contributed by atoms with E-state index in [2.05, 4.69) is 52.3 Å². The summed E-state index contributed by atoms with van der Waals surface area (Å²) in [5.41, 5.74) is 3.63. The van der Waals surface area contributed by atoms with Crippen molar-refractivity contribution >= 4 is 0 Å². The first-order valence-electron chi connectivity index (χ1n) is 11.8. The average molecular weight is 433 g/mol. The largest absolute Gasteiger partial charge is 0.373 e. The third kappa shape index (κ3) is 4.62. The summed E-state index contributed by atoms with van der Waals surface area (Å²) in [5, 5.41) is 4.47. The summed E-state index contributed by atoms with van der Waals surface area (Å²) in [6.07, 6.45) is 10.6. The van der Waals surface area contributed by atoms with E-state index in [4.69, 9.17) is 14.2 Å². The van der Waals surface area contributed by atoms with Crippen LogP contribution in [0.1, 0.15) is 66.9 Å². The van der Waals surface area contributed by atoms with Crippen LogP contribution in [-0.4, -0.2) is 39.2 Å². The molecule has 1 aliphatic carbocycles. The van der Waals surface area contributed by atoms with Crippen molar-refractivity contribution in [3.63, 3.8) is 0 Å². The van der Waals surface area contributed by atoms with Gasteiger partial charge in [0.15, 0.2) is 5.82 Å². The molecule has 2 fully saturated rings. The zero-order chi connectivity index (χ0) is 21.8. The lowest BCUT2D eigenvalue weighted by molar-refractivity contribution is -0.00565. The quantitative estimate of drug-likeness (QED) is 0.534. The molecule has 1 aromatic carbocycles. The molecule has 1 aliphatic heterocycles. The molecule has 1 saturated carbocycles. The first-order chi connectivity index (χ1) is 15.7. The van der Waals surface area contributed by atoms with Gasteiger partial charge in [-0.2, -0.15) is 4.98 Å². The van der Waals surface area contributed by atoms with Crippen LogP contribution in [0.3, 0.4) is 0 Å². The van der Waals surface area contributed by atoms with Crippen LogP contribution in [0.4, 0.5) is 0 Å². The molecule has 0 N–H and O–H groups in total. The lowest BCUT2D eigenvalue weighted by Gasteiger charge is -2.30. The minimum absolute atomic E-state index is 0.0947. The maximum absolute atomic E-state index is 6.09. The zero-order valence-corrected chi connectivity index (χ0v) is 18.9. The highest BCUT2D eigenvalue weighted by Crippen LogP contribution is 2.45. The number of likely N-dealkylation sites (tertiary alicyclic amines) is 1. The monoisotopic (exact) mass is 432 g/mol. The molecule has 2 aromatic heterocycles. The molecular formula is C26H32N4O2. The van der Waals surface area contributed by atoms with Gasteiger partial charge in [0.25, 0.3) is 0 Å². The van der Waals surface area contributed by atoms with Crippen molar-refractivity contribution in [1.29, 1.82) is 0 Å². The fourth-order valence-electron chi connectivity index (χ4n) is 5.13. The molecular weight excluding hydrogens is 400 g/mol. The molecule has 0 bridgehead atoms. The number of aryl methyl sites for hydroxylation is 1. The Hall–Kier alpha value is -2.57. The van der Waals surface area contributed by atoms with Gasteiger partial charge in [0.2, 0.25) is 5.89 Å². The highest BCUT2D eigenvalue weighted by molar-refractivity contribution is 5.35. The van der Waals surface area contributed by atoms with Gasteiger partial charge in [-0.3, -0.25) is 9.88 Å². The van der Waals surface area contributed by atoms with E-state index in [0.717, 1.165) is 56.1 Å². The minimum atomic E-state index is -0.0947. The van der Waals surface area contributed by atoms with Crippen molar-refractivity contribution in [2.75, 3.05) is 13.1 Å². The Morgan fingerprint density at radius 3 is 2.59 bits per heavy atom. The normalized spacial score (nSPS) is 19.4. The van der Waals surface area contributed by atoms with Gasteiger partial charge in [0.1, 0.15) is 0 Å². The second-order valence-corrected chi connectivity index (χ2v) is 9.31. The molecule has 168 valence electrons. The van der Waals surface area contributed by atoms with E-state index in [0.29, 0.717) is 19.3 Å². The van der Waals surface area contributed by atoms with E-state index < -0.39 is 0 Å². The highest BCUT2D eigenvalue weighted by Gasteiger charge is 2.41. The van der Waals surface area contributed by atoms with Gasteiger partial charge < -0.3 is 9.26 Å². The Morgan fingerprint density at radius 2 is 1.88 bits per heavy atom. The predicted octanol–water partition coefficient (Wildman–Crippen LogP) is 4.81. The van der Waals surface area contributed by atoms with Crippen molar-refractivity contribution in [3.05, 3.63) is 77.2 Å². The topological polar surface area (TPSA) is 64.3 Å². The summed E-state index contributed by atoms with van der Waals surface area (Å²) >= 11 is 0. The van der Waals surface area contributed by atoms with Crippen LogP contribution in [0.25, 0.3) is 0 Å². The van der Waals surface area contributed by atoms with E-state index in [1.54, 1.807) is 6.20 Å². The van der Waals surface area contributed by atoms with Crippen molar-refractivity contribution in [2.24, 2.45) is 0 Å². The van der Waals surface area contributed by atoms with Crippen LogP contribution in [0.15, 0.2) is 53.3 Å². The lowest BCUT2D eigenvalue weighted by Crippen LogP contribution is -2.36. The van der Waals surface area contributed by atoms with E-state index in [1.165, 1.54) is 24.0 Å². The summed E-state index contributed by atoms with van der Waals surface area (Å²) in [6.45, 7) is 5.45. The van der Waals surface area contributed by atoms with Gasteiger partial charge in [0.05, 0.1) is 24.7 Å². The molecule has 2 aliphatic rings. The first kappa shape index (κ1) is 21.3. The predicted molar refractivity (Wildman–Crippen MR) is 122 cm³/mol. The number of aromatic nitrogens is 3. The Bertz CT molecular complexity index is 988. The molecule has 6 nitrogen and oxygen atoms in total. The van der Waals surface area contributed by atoms with Gasteiger partial charge in [-0.05, 0) is 49.8 Å². The lowest BCUT2D eigenvalue weighted by atomic mass is 9.78. The Labute approximate surface area is 190 Å². The van der Waals surface area contributed by atoms with Crippen molar-refractivity contribution in [3.8, 4) is 0 Å². The van der Waals surface area contributed by atoms with Crippen LogP contribution < -0.4 is 0 Å². The molecule has 0 radical (unpaired) electrons. The Balaban J connectivity index is 1.18. The summed E-state index contributed by atoms with van der Waals surface area (Å²) < 4.78 is 11.8. The smallest absolute Gasteiger partial charge is 0.240 e. The van der Waals surface area contributed by atoms with Gasteiger partial charge in [0, 0.05) is 25.5 Å². The fraction of sp³-hybridized carbons (Fsp3) is 0.500. The van der Waals surface area contributed by atoms with Gasteiger partial charge >= 0.3 is 0 Å². The Morgan fingerprint density at radius 1 is 1.09 bits per heavy atom. The number of nitrogens with zero attached hydrogens (tertiary/aromatic N) is 4. The van der Waals surface area contributed by atoms with E-state index in [-0.39, 0.29) is 5.41 Å². The number of piperidine rings is 1. The summed E-state index contributed by atoms with van der Waals surface area (Å²) in [6, 6.07) is 12.9. The average Bonchev–Trinajstić information content (AvgIpc) is 3.51. The maximum atomic E-state index is 6.09. The second-order valence-electron chi connectivity index (χ2n) is 9.31. The van der Waals surface area contributed by atoms with Crippen LogP contribution in [0.2, 0.25) is 0 Å². The van der Waals surface area contributed by atoms with Crippen molar-refractivity contribution < 1.29 is 9.26 Å². The summed E-state index contributed by atoms with van der Waals surface area (Å²) in [4.78, 5) is 11.4. The molecule has 3 heterocycles. The zero-order valence-electron chi connectivity index (χ0n) is 18.9. The number of hydrogen-bond donors (Lipinski definition) is 0. The van der Waals surface area contributed by atoms with Crippen LogP contribution in [0.5, 0.6) is 0 Å². The highest BCUT2D eigenvalue weighted by atomic mass is 16.5. The SMILES string of the molecule is Cc1ccc(C2(c3noc(CN4CCC(OCc5cccnc5)CC4)n3)CCCC2)cc1. The number of rotatable bonds is 7. The summed E-state index contributed by atoms with van der Waals surface area (Å²) in [7, 11) is 0. The van der Waals surface area contributed by atoms with Crippen LogP contribution in [-0.2, 0) is 23.3 Å². The third-order valence-electron chi connectivity index (χ3n) is 7.06. The van der Waals surface area contributed by atoms with Crippen LogP contribution >= 0.6 is 0 Å². The Kier molecular flexibility index (Phi) is 6.32. The maximum Gasteiger partial charge on any atom is 0.240 e. The van der Waals surface area contributed by atoms with Gasteiger partial charge in [-0.15, -0.1) is 0 Å². The first-order valence-corrected chi connectivity index (χ1v) is 11.8. The van der Waals surface area contributed by atoms with Gasteiger partial charge in [-0.25, -0.2) is 0 Å². The molecule has 6 heteroatoms. The molecule has 32 heavy (non-hydrogen) atoms. The molecule has 0 atom stereocenters. The third-order valence-corrected chi connectivity index (χ3v) is 7.06. The molecule has 0 unspecified atom stereocenters. The number of hydrogen-bond acceptors (Lipinski definition) is 6. The van der Waals surface area contributed by atoms with E-state index in [9.17, 15) is 0 Å². The number of pyridine rings is 1. The van der Waals surface area contributed by atoms with Crippen LogP contribution in [0, 0.1) is 6.92 Å². The molecule has 5 rings (SSSR count). The molecule has 1 saturated heterocycles. The van der Waals surface area contributed by atoms with Gasteiger partial charge in [-0.1, -0.05) is 53.9 Å². The number of ether oxygens (including phenoxy) is 1. The van der Waals surface area contributed by atoms with E-state index in [1.807, 2.05) is 12.3 Å². The number of benzene rings is 1. The summed E-state index contributed by atoms with van der Waals surface area (Å²) in [5.74, 6) is 1.59. The second kappa shape index (κ2) is 9.51. The van der Waals surface area contributed by atoms with Crippen molar-refractivity contribution in [1.82, 2.24) is 20.0 Å². The van der Waals surface area contributed by atoms with E-state index >= 15 is 0 Å². The fourth-order valence-corrected chi connectivity index (χ4v) is 5.13. The molecule has 3 aromatic rings. The minimum Gasteiger partial charge on any atom is -0.373 e. The van der Waals surface area contributed by atoms with Crippen molar-refractivity contribution in [2.45, 2.75) is 70.1 Å². The molecule has 0 spiro atoms. The molecule has 0 amide bonds.